The summed E-state index contributed by atoms with van der Waals surface area (Å²) in [5, 5.41) is 14.0. The molecule has 0 fully saturated rings. The van der Waals surface area contributed by atoms with Crippen LogP contribution < -0.4 is 10.2 Å². The van der Waals surface area contributed by atoms with Crippen LogP contribution in [0.5, 0.6) is 0 Å². The maximum atomic E-state index is 11.1. The molecule has 2 aromatic rings. The van der Waals surface area contributed by atoms with Gasteiger partial charge in [-0.25, -0.2) is 0 Å². The van der Waals surface area contributed by atoms with Crippen LogP contribution in [-0.2, 0) is 22.7 Å². The normalized spacial score (nSPS) is 19.7. The van der Waals surface area contributed by atoms with Crippen LogP contribution in [-0.4, -0.2) is 16.9 Å². The number of esters is 1. The molecule has 0 saturated heterocycles. The summed E-state index contributed by atoms with van der Waals surface area (Å²) in [5.41, 5.74) is 3.71. The van der Waals surface area contributed by atoms with Crippen LogP contribution in [0.4, 0.5) is 11.4 Å². The van der Waals surface area contributed by atoms with Crippen molar-refractivity contribution in [1.82, 2.24) is 0 Å². The van der Waals surface area contributed by atoms with Crippen LogP contribution in [0.2, 0.25) is 0 Å². The third kappa shape index (κ3) is 3.14. The topological polar surface area (TPSA) is 61.8 Å². The molecule has 1 unspecified atom stereocenters. The molecule has 0 aliphatic carbocycles. The molecule has 1 aliphatic heterocycles. The lowest BCUT2D eigenvalue weighted by Crippen LogP contribution is -2.55. The van der Waals surface area contributed by atoms with E-state index in [1.165, 1.54) is 6.92 Å². The number of carbonyl (C=O) groups is 1. The Hall–Kier alpha value is -2.53. The van der Waals surface area contributed by atoms with Crippen molar-refractivity contribution in [2.24, 2.45) is 0 Å². The van der Waals surface area contributed by atoms with Crippen LogP contribution in [0.1, 0.15) is 25.0 Å². The molecule has 1 atom stereocenters. The van der Waals surface area contributed by atoms with Crippen molar-refractivity contribution in [2.45, 2.75) is 32.8 Å². The summed E-state index contributed by atoms with van der Waals surface area (Å²) in [6.07, 6.45) is 0. The molecule has 1 aliphatic rings. The molecule has 2 N–H and O–H groups in total. The maximum Gasteiger partial charge on any atom is 0.302 e. The summed E-state index contributed by atoms with van der Waals surface area (Å²) in [6, 6.07) is 15.5. The molecular weight excluding hydrogens is 292 g/mol. The van der Waals surface area contributed by atoms with Gasteiger partial charge >= 0.3 is 5.97 Å². The number of para-hydroxylation sites is 2. The zero-order chi connectivity index (χ0) is 16.4. The molecule has 0 bridgehead atoms. The van der Waals surface area contributed by atoms with E-state index in [2.05, 4.69) is 5.32 Å². The number of hydrogen-bond donors (Lipinski definition) is 2. The number of anilines is 2. The molecular formula is C18H20N2O3. The molecule has 0 radical (unpaired) electrons. The third-order valence-corrected chi connectivity index (χ3v) is 3.96. The Morgan fingerprint density at radius 1 is 1.26 bits per heavy atom. The van der Waals surface area contributed by atoms with Gasteiger partial charge in [0.25, 0.3) is 0 Å². The molecule has 0 spiro atoms. The number of hydrogen-bond acceptors (Lipinski definition) is 5. The van der Waals surface area contributed by atoms with E-state index in [1.807, 2.05) is 53.4 Å². The van der Waals surface area contributed by atoms with Crippen molar-refractivity contribution >= 4 is 17.3 Å². The highest BCUT2D eigenvalue weighted by atomic mass is 16.5. The first-order chi connectivity index (χ1) is 11.0. The lowest BCUT2D eigenvalue weighted by molar-refractivity contribution is -0.142. The van der Waals surface area contributed by atoms with Crippen LogP contribution in [0.3, 0.4) is 0 Å². The fourth-order valence-electron chi connectivity index (χ4n) is 2.82. The third-order valence-electron chi connectivity index (χ3n) is 3.96. The standard InChI is InChI=1S/C18H20N2O3/c1-13(21)23-12-15-8-4-6-10-17(15)20-11-14-7-3-5-9-16(14)19-18(20,2)22/h3-10,19,22H,11-12H2,1-2H3. The summed E-state index contributed by atoms with van der Waals surface area (Å²) in [5.74, 6) is -1.56. The summed E-state index contributed by atoms with van der Waals surface area (Å²) < 4.78 is 5.13. The van der Waals surface area contributed by atoms with E-state index in [0.717, 1.165) is 22.5 Å². The quantitative estimate of drug-likeness (QED) is 0.853. The van der Waals surface area contributed by atoms with Crippen molar-refractivity contribution < 1.29 is 14.6 Å². The van der Waals surface area contributed by atoms with E-state index >= 15 is 0 Å². The summed E-state index contributed by atoms with van der Waals surface area (Å²) in [7, 11) is 0. The number of fused-ring (bicyclic) bond motifs is 1. The van der Waals surface area contributed by atoms with Gasteiger partial charge in [-0.1, -0.05) is 36.4 Å². The number of rotatable bonds is 3. The zero-order valence-corrected chi connectivity index (χ0v) is 13.2. The lowest BCUT2D eigenvalue weighted by Gasteiger charge is -2.44. The van der Waals surface area contributed by atoms with Gasteiger partial charge < -0.3 is 20.1 Å². The van der Waals surface area contributed by atoms with Crippen LogP contribution in [0.25, 0.3) is 0 Å². The Bertz CT molecular complexity index is 728. The van der Waals surface area contributed by atoms with Crippen LogP contribution >= 0.6 is 0 Å². The molecule has 120 valence electrons. The van der Waals surface area contributed by atoms with Crippen molar-refractivity contribution in [3.05, 3.63) is 59.7 Å². The Balaban J connectivity index is 1.96. The molecule has 1 heterocycles. The number of nitrogens with zero attached hydrogens (tertiary/aromatic N) is 1. The minimum Gasteiger partial charge on any atom is -0.461 e. The first kappa shape index (κ1) is 15.4. The fraction of sp³-hybridized carbons (Fsp3) is 0.278. The smallest absolute Gasteiger partial charge is 0.302 e. The molecule has 3 rings (SSSR count). The predicted octanol–water partition coefficient (Wildman–Crippen LogP) is 2.85. The van der Waals surface area contributed by atoms with Gasteiger partial charge in [-0.3, -0.25) is 4.79 Å². The van der Waals surface area contributed by atoms with E-state index in [-0.39, 0.29) is 12.6 Å². The molecule has 0 saturated carbocycles. The lowest BCUT2D eigenvalue weighted by atomic mass is 10.0. The highest BCUT2D eigenvalue weighted by molar-refractivity contribution is 5.67. The summed E-state index contributed by atoms with van der Waals surface area (Å²) in [6.45, 7) is 3.84. The minimum atomic E-state index is -1.24. The zero-order valence-electron chi connectivity index (χ0n) is 13.2. The van der Waals surface area contributed by atoms with Gasteiger partial charge in [0.1, 0.15) is 6.61 Å². The van der Waals surface area contributed by atoms with Crippen molar-refractivity contribution in [1.29, 1.82) is 0 Å². The van der Waals surface area contributed by atoms with E-state index in [1.54, 1.807) is 6.92 Å². The van der Waals surface area contributed by atoms with Gasteiger partial charge in [0.15, 0.2) is 0 Å². The first-order valence-corrected chi connectivity index (χ1v) is 7.55. The fourth-order valence-corrected chi connectivity index (χ4v) is 2.82. The Labute approximate surface area is 135 Å². The van der Waals surface area contributed by atoms with Gasteiger partial charge in [0.05, 0.1) is 0 Å². The number of aliphatic hydroxyl groups is 1. The van der Waals surface area contributed by atoms with E-state index < -0.39 is 5.85 Å². The first-order valence-electron chi connectivity index (χ1n) is 7.55. The van der Waals surface area contributed by atoms with Crippen LogP contribution in [0.15, 0.2) is 48.5 Å². The van der Waals surface area contributed by atoms with E-state index in [9.17, 15) is 9.90 Å². The van der Waals surface area contributed by atoms with Crippen molar-refractivity contribution in [2.75, 3.05) is 10.2 Å². The average molecular weight is 312 g/mol. The van der Waals surface area contributed by atoms with Gasteiger partial charge in [-0.15, -0.1) is 0 Å². The summed E-state index contributed by atoms with van der Waals surface area (Å²) in [4.78, 5) is 13.0. The molecule has 5 nitrogen and oxygen atoms in total. The predicted molar refractivity (Wildman–Crippen MR) is 88.8 cm³/mol. The van der Waals surface area contributed by atoms with Gasteiger partial charge in [0, 0.05) is 37.3 Å². The minimum absolute atomic E-state index is 0.180. The Morgan fingerprint density at radius 3 is 2.74 bits per heavy atom. The molecule has 23 heavy (non-hydrogen) atoms. The Morgan fingerprint density at radius 2 is 1.96 bits per heavy atom. The number of nitrogens with one attached hydrogen (secondary N) is 1. The van der Waals surface area contributed by atoms with Gasteiger partial charge in [-0.2, -0.15) is 0 Å². The van der Waals surface area contributed by atoms with Crippen LogP contribution in [0, 0.1) is 0 Å². The second-order valence-corrected chi connectivity index (χ2v) is 5.80. The molecule has 5 heteroatoms. The monoisotopic (exact) mass is 312 g/mol. The summed E-state index contributed by atoms with van der Waals surface area (Å²) >= 11 is 0. The number of benzene rings is 2. The molecule has 0 aromatic heterocycles. The van der Waals surface area contributed by atoms with Crippen molar-refractivity contribution in [3.8, 4) is 0 Å². The van der Waals surface area contributed by atoms with Crippen molar-refractivity contribution in [3.63, 3.8) is 0 Å². The number of carbonyl (C=O) groups excluding carboxylic acids is 1. The average Bonchev–Trinajstić information content (AvgIpc) is 2.52. The van der Waals surface area contributed by atoms with Gasteiger partial charge in [0.2, 0.25) is 5.85 Å². The van der Waals surface area contributed by atoms with E-state index in [0.29, 0.717) is 6.54 Å². The SMILES string of the molecule is CC(=O)OCc1ccccc1N1Cc2ccccc2NC1(C)O. The van der Waals surface area contributed by atoms with E-state index in [4.69, 9.17) is 4.74 Å². The van der Waals surface area contributed by atoms with Gasteiger partial charge in [-0.05, 0) is 17.7 Å². The second-order valence-electron chi connectivity index (χ2n) is 5.80. The second kappa shape index (κ2) is 5.93. The largest absolute Gasteiger partial charge is 0.461 e. The highest BCUT2D eigenvalue weighted by Crippen LogP contribution is 2.35. The molecule has 2 aromatic carbocycles. The number of ether oxygens (including phenoxy) is 1. The molecule has 0 amide bonds. The Kier molecular flexibility index (Phi) is 3.96. The maximum absolute atomic E-state index is 11.1. The highest BCUT2D eigenvalue weighted by Gasteiger charge is 2.35.